The normalized spacial score (nSPS) is 14.4. The predicted octanol–water partition coefficient (Wildman–Crippen LogP) is 11.2. The first kappa shape index (κ1) is 53.2. The Labute approximate surface area is 338 Å². The second-order valence-electron chi connectivity index (χ2n) is 14.1. The van der Waals surface area contributed by atoms with E-state index in [1.807, 2.05) is 18.2 Å². The Morgan fingerprint density at radius 1 is 0.571 bits per heavy atom. The van der Waals surface area contributed by atoms with Crippen molar-refractivity contribution in [1.29, 1.82) is 0 Å². The van der Waals surface area contributed by atoms with Crippen molar-refractivity contribution in [3.8, 4) is 0 Å². The van der Waals surface area contributed by atoms with Gasteiger partial charge in [0.15, 0.2) is 6.10 Å². The summed E-state index contributed by atoms with van der Waals surface area (Å²) in [4.78, 5) is 45.8. The summed E-state index contributed by atoms with van der Waals surface area (Å²) >= 11 is 0. The number of carboxylic acids is 1. The molecule has 0 rings (SSSR count). The van der Waals surface area contributed by atoms with Crippen molar-refractivity contribution < 1.29 is 47.5 Å². The zero-order chi connectivity index (χ0) is 41.4. The summed E-state index contributed by atoms with van der Waals surface area (Å²) in [5.41, 5.74) is 5.32. The third-order valence-corrected chi connectivity index (χ3v) is 9.76. The number of phosphoric ester groups is 1. The zero-order valence-corrected chi connectivity index (χ0v) is 35.6. The van der Waals surface area contributed by atoms with Crippen molar-refractivity contribution in [2.45, 2.75) is 180 Å². The molecule has 4 N–H and O–H groups in total. The molecule has 0 saturated heterocycles. The highest BCUT2D eigenvalue weighted by Crippen LogP contribution is 2.43. The fraction of sp³-hybridized carbons (Fsp3) is 0.705. The number of aliphatic carboxylic acids is 1. The molecule has 0 fully saturated rings. The van der Waals surface area contributed by atoms with Crippen LogP contribution < -0.4 is 5.73 Å². The maximum absolute atomic E-state index is 12.5. The number of rotatable bonds is 39. The molecule has 11 nitrogen and oxygen atoms in total. The van der Waals surface area contributed by atoms with Crippen LogP contribution in [0, 0.1) is 0 Å². The zero-order valence-electron chi connectivity index (χ0n) is 34.7. The summed E-state index contributed by atoms with van der Waals surface area (Å²) in [5, 5.41) is 8.88. The van der Waals surface area contributed by atoms with E-state index in [-0.39, 0.29) is 19.4 Å². The fourth-order valence-corrected chi connectivity index (χ4v) is 6.27. The van der Waals surface area contributed by atoms with Gasteiger partial charge >= 0.3 is 25.7 Å². The van der Waals surface area contributed by atoms with Crippen LogP contribution in [0.3, 0.4) is 0 Å². The molecule has 0 amide bonds. The molecule has 0 saturated carbocycles. The van der Waals surface area contributed by atoms with Crippen molar-refractivity contribution in [3.05, 3.63) is 60.8 Å². The van der Waals surface area contributed by atoms with E-state index in [9.17, 15) is 23.8 Å². The van der Waals surface area contributed by atoms with Crippen LogP contribution in [-0.2, 0) is 37.5 Å². The Hall–Kier alpha value is -2.82. The highest BCUT2D eigenvalue weighted by molar-refractivity contribution is 7.47. The first-order chi connectivity index (χ1) is 27.1. The van der Waals surface area contributed by atoms with Crippen LogP contribution in [0.2, 0.25) is 0 Å². The Bertz CT molecular complexity index is 1180. The second kappa shape index (κ2) is 39.0. The molecule has 3 unspecified atom stereocenters. The maximum Gasteiger partial charge on any atom is 0.472 e. The topological polar surface area (TPSA) is 172 Å². The van der Waals surface area contributed by atoms with Gasteiger partial charge in [0.25, 0.3) is 0 Å². The van der Waals surface area contributed by atoms with E-state index in [0.29, 0.717) is 12.8 Å². The average Bonchev–Trinajstić information content (AvgIpc) is 3.17. The molecule has 0 radical (unpaired) electrons. The standard InChI is InChI=1S/C44H76NO10P/c1-3-5-7-9-11-13-15-17-19-20-22-23-25-27-29-31-33-35-42(46)52-37-40(38-53-56(50,51)54-39-41(45)44(48)49)55-43(47)36-34-32-30-28-26-24-21-18-16-14-12-10-8-6-4-2/h6,8,12,14,18,21,26,28,32,34,40-41H,3-5,7,9-11,13,15-17,19-20,22-25,27,29-31,33,35-39,45H2,1-2H3,(H,48,49)(H,50,51)/b8-6-,14-12-,21-18-,28-26-,34-32-. The molecule has 0 aliphatic heterocycles. The third kappa shape index (κ3) is 38.1. The van der Waals surface area contributed by atoms with Gasteiger partial charge < -0.3 is 25.2 Å². The molecule has 3 atom stereocenters. The van der Waals surface area contributed by atoms with Crippen LogP contribution in [0.1, 0.15) is 168 Å². The predicted molar refractivity (Wildman–Crippen MR) is 226 cm³/mol. The van der Waals surface area contributed by atoms with Crippen molar-refractivity contribution in [3.63, 3.8) is 0 Å². The number of hydrogen-bond acceptors (Lipinski definition) is 9. The number of carbonyl (C=O) groups is 3. The Balaban J connectivity index is 4.47. The number of hydrogen-bond donors (Lipinski definition) is 3. The average molecular weight is 810 g/mol. The number of carboxylic acid groups (broad SMARTS) is 1. The lowest BCUT2D eigenvalue weighted by atomic mass is 10.0. The molecule has 0 spiro atoms. The van der Waals surface area contributed by atoms with Gasteiger partial charge in [-0.25, -0.2) is 4.57 Å². The van der Waals surface area contributed by atoms with Crippen LogP contribution in [0.15, 0.2) is 60.8 Å². The number of unbranched alkanes of at least 4 members (excludes halogenated alkanes) is 16. The van der Waals surface area contributed by atoms with E-state index < -0.39 is 51.1 Å². The number of nitrogens with two attached hydrogens (primary N) is 1. The maximum atomic E-state index is 12.5. The lowest BCUT2D eigenvalue weighted by molar-refractivity contribution is -0.160. The van der Waals surface area contributed by atoms with E-state index in [2.05, 4.69) is 54.8 Å². The minimum atomic E-state index is -4.74. The van der Waals surface area contributed by atoms with Crippen molar-refractivity contribution >= 4 is 25.7 Å². The molecule has 12 heteroatoms. The number of ether oxygens (including phenoxy) is 2. The minimum Gasteiger partial charge on any atom is -0.480 e. The van der Waals surface area contributed by atoms with E-state index in [0.717, 1.165) is 44.9 Å². The first-order valence-electron chi connectivity index (χ1n) is 21.3. The SMILES string of the molecule is CC/C=C\C/C=C\C/C=C\C/C=C\C/C=C\CC(=O)OC(COC(=O)CCCCCCCCCCCCCCCCCCC)COP(=O)(O)OCC(N)C(=O)O. The summed E-state index contributed by atoms with van der Waals surface area (Å²) in [6.45, 7) is 2.59. The number of allylic oxidation sites excluding steroid dienone is 9. The van der Waals surface area contributed by atoms with Crippen LogP contribution in [0.5, 0.6) is 0 Å². The van der Waals surface area contributed by atoms with E-state index in [1.54, 1.807) is 6.08 Å². The van der Waals surface area contributed by atoms with E-state index >= 15 is 0 Å². The van der Waals surface area contributed by atoms with Crippen LogP contribution in [0.4, 0.5) is 0 Å². The van der Waals surface area contributed by atoms with E-state index in [4.69, 9.17) is 24.8 Å². The van der Waals surface area contributed by atoms with Gasteiger partial charge in [-0.2, -0.15) is 0 Å². The number of carbonyl (C=O) groups excluding carboxylic acids is 2. The Morgan fingerprint density at radius 2 is 0.982 bits per heavy atom. The largest absolute Gasteiger partial charge is 0.480 e. The van der Waals surface area contributed by atoms with Gasteiger partial charge in [-0.3, -0.25) is 23.4 Å². The Morgan fingerprint density at radius 3 is 1.43 bits per heavy atom. The summed E-state index contributed by atoms with van der Waals surface area (Å²) < 4.78 is 32.5. The van der Waals surface area contributed by atoms with Crippen LogP contribution >= 0.6 is 7.82 Å². The smallest absolute Gasteiger partial charge is 0.472 e. The van der Waals surface area contributed by atoms with Gasteiger partial charge in [-0.1, -0.05) is 177 Å². The highest BCUT2D eigenvalue weighted by atomic mass is 31.2. The summed E-state index contributed by atoms with van der Waals surface area (Å²) in [6, 6.07) is -1.54. The highest BCUT2D eigenvalue weighted by Gasteiger charge is 2.28. The van der Waals surface area contributed by atoms with Gasteiger partial charge in [0, 0.05) is 6.42 Å². The van der Waals surface area contributed by atoms with Crippen LogP contribution in [0.25, 0.3) is 0 Å². The van der Waals surface area contributed by atoms with Crippen molar-refractivity contribution in [2.24, 2.45) is 5.73 Å². The minimum absolute atomic E-state index is 0.0715. The van der Waals surface area contributed by atoms with Crippen molar-refractivity contribution in [1.82, 2.24) is 0 Å². The molecule has 0 aromatic carbocycles. The molecular weight excluding hydrogens is 733 g/mol. The summed E-state index contributed by atoms with van der Waals surface area (Å²) in [5.74, 6) is -2.54. The number of esters is 2. The molecule has 322 valence electrons. The molecule has 56 heavy (non-hydrogen) atoms. The molecule has 0 aromatic heterocycles. The molecule has 0 heterocycles. The lowest BCUT2D eigenvalue weighted by Gasteiger charge is -2.20. The van der Waals surface area contributed by atoms with Gasteiger partial charge in [0.05, 0.1) is 19.6 Å². The summed E-state index contributed by atoms with van der Waals surface area (Å²) in [7, 11) is -4.74. The lowest BCUT2D eigenvalue weighted by Crippen LogP contribution is -2.34. The van der Waals surface area contributed by atoms with Gasteiger partial charge in [-0.15, -0.1) is 0 Å². The van der Waals surface area contributed by atoms with Gasteiger partial charge in [-0.05, 0) is 38.5 Å². The molecular formula is C44H76NO10P. The van der Waals surface area contributed by atoms with E-state index in [1.165, 1.54) is 83.5 Å². The summed E-state index contributed by atoms with van der Waals surface area (Å²) in [6.07, 6.45) is 44.6. The first-order valence-corrected chi connectivity index (χ1v) is 22.8. The fourth-order valence-electron chi connectivity index (χ4n) is 5.49. The van der Waals surface area contributed by atoms with Gasteiger partial charge in [0.1, 0.15) is 12.6 Å². The second-order valence-corrected chi connectivity index (χ2v) is 15.6. The monoisotopic (exact) mass is 810 g/mol. The number of phosphoric acid groups is 1. The quantitative estimate of drug-likeness (QED) is 0.0233. The molecule has 0 aliphatic carbocycles. The Kier molecular flexibility index (Phi) is 37.1. The van der Waals surface area contributed by atoms with Gasteiger partial charge in [0.2, 0.25) is 0 Å². The third-order valence-electron chi connectivity index (χ3n) is 8.81. The molecule has 0 bridgehead atoms. The molecule has 0 aromatic rings. The molecule has 0 aliphatic rings. The van der Waals surface area contributed by atoms with Crippen LogP contribution in [-0.4, -0.2) is 59.9 Å². The van der Waals surface area contributed by atoms with Crippen molar-refractivity contribution in [2.75, 3.05) is 19.8 Å².